The molecule has 0 spiro atoms. The van der Waals surface area contributed by atoms with Crippen LogP contribution in [0.3, 0.4) is 0 Å². The van der Waals surface area contributed by atoms with E-state index in [1.807, 2.05) is 42.7 Å². The number of ether oxygens (including phenoxy) is 2. The van der Waals surface area contributed by atoms with Crippen molar-refractivity contribution in [3.05, 3.63) is 105 Å². The molecule has 0 saturated heterocycles. The van der Waals surface area contributed by atoms with Gasteiger partial charge in [-0.25, -0.2) is 4.39 Å². The fourth-order valence-corrected chi connectivity index (χ4v) is 4.79. The lowest BCUT2D eigenvalue weighted by Crippen LogP contribution is -2.11. The summed E-state index contributed by atoms with van der Waals surface area (Å²) in [6.45, 7) is 3.76. The Hall–Kier alpha value is -3.92. The fourth-order valence-electron chi connectivity index (χ4n) is 3.63. The van der Waals surface area contributed by atoms with Crippen molar-refractivity contribution in [1.82, 2.24) is 14.8 Å². The molecule has 8 nitrogen and oxygen atoms in total. The van der Waals surface area contributed by atoms with Gasteiger partial charge >= 0.3 is 0 Å². The number of halogens is 1. The molecule has 0 aliphatic heterocycles. The van der Waals surface area contributed by atoms with E-state index < -0.39 is 5.25 Å². The van der Waals surface area contributed by atoms with Crippen molar-refractivity contribution in [2.75, 3.05) is 13.7 Å². The molecule has 1 aromatic heterocycles. The van der Waals surface area contributed by atoms with Crippen LogP contribution in [0.2, 0.25) is 0 Å². The second kappa shape index (κ2) is 11.2. The highest BCUT2D eigenvalue weighted by molar-refractivity contribution is 7.99. The Labute approximate surface area is 212 Å². The van der Waals surface area contributed by atoms with E-state index in [-0.39, 0.29) is 23.9 Å². The van der Waals surface area contributed by atoms with Crippen LogP contribution in [0, 0.1) is 29.8 Å². The summed E-state index contributed by atoms with van der Waals surface area (Å²) in [5.74, 6) is 1.29. The second-order valence-corrected chi connectivity index (χ2v) is 9.32. The van der Waals surface area contributed by atoms with Crippen molar-refractivity contribution in [2.45, 2.75) is 30.9 Å². The third-order valence-corrected chi connectivity index (χ3v) is 6.70. The van der Waals surface area contributed by atoms with Gasteiger partial charge in [0.1, 0.15) is 23.5 Å². The Morgan fingerprint density at radius 2 is 1.75 bits per heavy atom. The number of methoxy groups -OCH3 is 1. The van der Waals surface area contributed by atoms with Crippen molar-refractivity contribution in [3.8, 4) is 17.2 Å². The van der Waals surface area contributed by atoms with E-state index in [1.165, 1.54) is 31.0 Å². The summed E-state index contributed by atoms with van der Waals surface area (Å²) in [6.07, 6.45) is 0. The molecule has 186 valence electrons. The number of thioether (sulfide) groups is 1. The number of benzene rings is 3. The lowest BCUT2D eigenvalue weighted by molar-refractivity contribution is -0.479. The molecular weight excluding hydrogens is 483 g/mol. The SMILES string of the molecule is COc1cc([C@@H](C[N+](=O)[O-])Sc2nnc(C)n2-c2ccc(C)cc2)ccc1OCc1ccc(F)cc1. The highest BCUT2D eigenvalue weighted by Gasteiger charge is 2.25. The monoisotopic (exact) mass is 508 g/mol. The number of rotatable bonds is 10. The highest BCUT2D eigenvalue weighted by atomic mass is 32.2. The van der Waals surface area contributed by atoms with Gasteiger partial charge in [0.25, 0.3) is 0 Å². The third kappa shape index (κ3) is 6.01. The van der Waals surface area contributed by atoms with Gasteiger partial charge in [0.2, 0.25) is 6.54 Å². The molecule has 3 aromatic carbocycles. The molecule has 0 unspecified atom stereocenters. The van der Waals surface area contributed by atoms with Gasteiger partial charge in [0.05, 0.1) is 7.11 Å². The molecular formula is C26H25FN4O4S. The maximum Gasteiger partial charge on any atom is 0.220 e. The van der Waals surface area contributed by atoms with Crippen molar-refractivity contribution in [1.29, 1.82) is 0 Å². The molecule has 0 fully saturated rings. The topological polar surface area (TPSA) is 92.3 Å². The predicted molar refractivity (Wildman–Crippen MR) is 135 cm³/mol. The van der Waals surface area contributed by atoms with Crippen molar-refractivity contribution in [2.24, 2.45) is 0 Å². The third-order valence-electron chi connectivity index (χ3n) is 5.52. The van der Waals surface area contributed by atoms with Crippen LogP contribution < -0.4 is 9.47 Å². The van der Waals surface area contributed by atoms with E-state index in [1.54, 1.807) is 30.3 Å². The molecule has 0 N–H and O–H groups in total. The standard InChI is InChI=1S/C26H25FN4O4S/c1-17-4-11-22(12-5-17)31-18(2)28-29-26(31)36-25(15-30(32)33)20-8-13-23(24(14-20)34-3)35-16-19-6-9-21(27)10-7-19/h4-14,25H,15-16H2,1-3H3/t25-/m1/s1. The summed E-state index contributed by atoms with van der Waals surface area (Å²) in [6, 6.07) is 19.2. The van der Waals surface area contributed by atoms with Gasteiger partial charge < -0.3 is 9.47 Å². The molecule has 0 aliphatic carbocycles. The first kappa shape index (κ1) is 25.2. The molecule has 0 saturated carbocycles. The van der Waals surface area contributed by atoms with Crippen LogP contribution in [0.4, 0.5) is 4.39 Å². The van der Waals surface area contributed by atoms with Crippen molar-refractivity contribution in [3.63, 3.8) is 0 Å². The first-order valence-corrected chi connectivity index (χ1v) is 12.0. The van der Waals surface area contributed by atoms with Gasteiger partial charge in [-0.05, 0) is 61.4 Å². The van der Waals surface area contributed by atoms with Gasteiger partial charge in [0.15, 0.2) is 16.7 Å². The summed E-state index contributed by atoms with van der Waals surface area (Å²) < 4.78 is 26.4. The van der Waals surface area contributed by atoms with Crippen molar-refractivity contribution < 1.29 is 18.8 Å². The number of aryl methyl sites for hydroxylation is 2. The van der Waals surface area contributed by atoms with Crippen LogP contribution in [0.25, 0.3) is 5.69 Å². The lowest BCUT2D eigenvalue weighted by atomic mass is 10.1. The average Bonchev–Trinajstić information content (AvgIpc) is 3.23. The number of nitrogens with zero attached hydrogens (tertiary/aromatic N) is 4. The summed E-state index contributed by atoms with van der Waals surface area (Å²) in [7, 11) is 1.51. The summed E-state index contributed by atoms with van der Waals surface area (Å²) in [5, 5.41) is 20.0. The first-order valence-electron chi connectivity index (χ1n) is 11.2. The van der Waals surface area contributed by atoms with Gasteiger partial charge in [-0.2, -0.15) is 0 Å². The average molecular weight is 509 g/mol. The fraction of sp³-hybridized carbons (Fsp3) is 0.231. The van der Waals surface area contributed by atoms with Crippen LogP contribution in [0.1, 0.15) is 27.8 Å². The largest absolute Gasteiger partial charge is 0.493 e. The minimum atomic E-state index is -0.548. The minimum absolute atomic E-state index is 0.224. The van der Waals surface area contributed by atoms with E-state index in [4.69, 9.17) is 9.47 Å². The molecule has 1 heterocycles. The summed E-state index contributed by atoms with van der Waals surface area (Å²) >= 11 is 1.27. The van der Waals surface area contributed by atoms with Gasteiger partial charge in [-0.1, -0.05) is 47.7 Å². The Morgan fingerprint density at radius 3 is 2.42 bits per heavy atom. The molecule has 1 atom stereocenters. The highest BCUT2D eigenvalue weighted by Crippen LogP contribution is 2.39. The molecule has 10 heteroatoms. The molecule has 0 aliphatic rings. The quantitative estimate of drug-likeness (QED) is 0.154. The van der Waals surface area contributed by atoms with Crippen LogP contribution in [-0.2, 0) is 6.61 Å². The smallest absolute Gasteiger partial charge is 0.220 e. The van der Waals surface area contributed by atoms with Gasteiger partial charge in [-0.15, -0.1) is 10.2 Å². The van der Waals surface area contributed by atoms with E-state index in [2.05, 4.69) is 10.2 Å². The Balaban J connectivity index is 1.59. The number of nitro groups is 1. The second-order valence-electron chi connectivity index (χ2n) is 8.15. The maximum atomic E-state index is 13.2. The lowest BCUT2D eigenvalue weighted by Gasteiger charge is -2.17. The minimum Gasteiger partial charge on any atom is -0.493 e. The molecule has 4 aromatic rings. The van der Waals surface area contributed by atoms with E-state index >= 15 is 0 Å². The van der Waals surface area contributed by atoms with E-state index in [0.29, 0.717) is 28.0 Å². The Kier molecular flexibility index (Phi) is 7.84. The zero-order valence-electron chi connectivity index (χ0n) is 20.1. The van der Waals surface area contributed by atoms with Gasteiger partial charge in [0, 0.05) is 10.6 Å². The zero-order chi connectivity index (χ0) is 25.7. The number of hydrogen-bond acceptors (Lipinski definition) is 7. The molecule has 0 radical (unpaired) electrons. The molecule has 36 heavy (non-hydrogen) atoms. The van der Waals surface area contributed by atoms with E-state index in [9.17, 15) is 14.5 Å². The van der Waals surface area contributed by atoms with Crippen molar-refractivity contribution >= 4 is 11.8 Å². The van der Waals surface area contributed by atoms with Crippen LogP contribution in [-0.4, -0.2) is 33.3 Å². The number of aromatic nitrogens is 3. The Morgan fingerprint density at radius 1 is 1.03 bits per heavy atom. The van der Waals surface area contributed by atoms with Crippen LogP contribution in [0.5, 0.6) is 11.5 Å². The first-order chi connectivity index (χ1) is 17.3. The summed E-state index contributed by atoms with van der Waals surface area (Å²) in [5.41, 5.74) is 3.50. The predicted octanol–water partition coefficient (Wildman–Crippen LogP) is 5.72. The number of hydrogen-bond donors (Lipinski definition) is 0. The van der Waals surface area contributed by atoms with Gasteiger partial charge in [-0.3, -0.25) is 14.7 Å². The van der Waals surface area contributed by atoms with E-state index in [0.717, 1.165) is 16.8 Å². The maximum absolute atomic E-state index is 13.2. The van der Waals surface area contributed by atoms with Crippen LogP contribution in [0.15, 0.2) is 71.9 Å². The molecule has 0 bridgehead atoms. The summed E-state index contributed by atoms with van der Waals surface area (Å²) in [4.78, 5) is 11.2. The molecule has 0 amide bonds. The zero-order valence-corrected chi connectivity index (χ0v) is 20.9. The van der Waals surface area contributed by atoms with Crippen LogP contribution >= 0.6 is 11.8 Å². The Bertz CT molecular complexity index is 1340. The normalized spacial score (nSPS) is 11.8. The molecule has 4 rings (SSSR count).